The smallest absolute Gasteiger partial charge is 0.126 e. The van der Waals surface area contributed by atoms with E-state index in [1.54, 1.807) is 6.20 Å². The Morgan fingerprint density at radius 2 is 2.25 bits per heavy atom. The summed E-state index contributed by atoms with van der Waals surface area (Å²) < 4.78 is 0. The largest absolute Gasteiger partial charge is 0.384 e. The first-order chi connectivity index (χ1) is 7.86. The van der Waals surface area contributed by atoms with Gasteiger partial charge < -0.3 is 5.73 Å². The Labute approximate surface area is 98.4 Å². The number of benzene rings is 1. The minimum Gasteiger partial charge on any atom is -0.384 e. The molecule has 3 N–H and O–H groups in total. The molecule has 2 heterocycles. The summed E-state index contributed by atoms with van der Waals surface area (Å²) in [6.45, 7) is 0. The van der Waals surface area contributed by atoms with Crippen LogP contribution in [0, 0.1) is 0 Å². The highest BCUT2D eigenvalue weighted by molar-refractivity contribution is 7.99. The van der Waals surface area contributed by atoms with Crippen molar-refractivity contribution < 1.29 is 0 Å². The maximum Gasteiger partial charge on any atom is 0.126 e. The first-order valence-corrected chi connectivity index (χ1v) is 6.39. The Kier molecular flexibility index (Phi) is 2.36. The molecule has 0 amide bonds. The van der Waals surface area contributed by atoms with Crippen LogP contribution in [-0.4, -0.2) is 16.0 Å². The van der Waals surface area contributed by atoms with Crippen molar-refractivity contribution in [1.82, 2.24) is 10.2 Å². The molecule has 0 aliphatic carbocycles. The Morgan fingerprint density at radius 3 is 3.06 bits per heavy atom. The fourth-order valence-corrected chi connectivity index (χ4v) is 3.29. The van der Waals surface area contributed by atoms with Crippen molar-refractivity contribution in [2.75, 3.05) is 11.5 Å². The van der Waals surface area contributed by atoms with Gasteiger partial charge in [0, 0.05) is 16.0 Å². The minimum absolute atomic E-state index is 0.652. The third-order valence-electron chi connectivity index (χ3n) is 2.89. The van der Waals surface area contributed by atoms with Crippen LogP contribution in [0.25, 0.3) is 11.1 Å². The summed E-state index contributed by atoms with van der Waals surface area (Å²) in [7, 11) is 0. The number of nitrogens with two attached hydrogens (primary N) is 1. The summed E-state index contributed by atoms with van der Waals surface area (Å²) in [5, 5.41) is 6.78. The number of nitrogens with zero attached hydrogens (tertiary/aromatic N) is 1. The normalized spacial score (nSPS) is 14.8. The van der Waals surface area contributed by atoms with Gasteiger partial charge in [0.1, 0.15) is 5.82 Å². The number of thioether (sulfide) groups is 1. The van der Waals surface area contributed by atoms with E-state index in [0.29, 0.717) is 5.82 Å². The quantitative estimate of drug-likeness (QED) is 0.793. The first-order valence-electron chi connectivity index (χ1n) is 5.40. The van der Waals surface area contributed by atoms with E-state index in [-0.39, 0.29) is 0 Å². The number of hydrogen-bond donors (Lipinski definition) is 2. The van der Waals surface area contributed by atoms with E-state index in [9.17, 15) is 0 Å². The van der Waals surface area contributed by atoms with E-state index < -0.39 is 0 Å². The minimum atomic E-state index is 0.652. The number of aromatic amines is 1. The van der Waals surface area contributed by atoms with Gasteiger partial charge in [0.05, 0.1) is 6.20 Å². The summed E-state index contributed by atoms with van der Waals surface area (Å²) in [6, 6.07) is 6.44. The number of aromatic nitrogens is 2. The molecule has 0 radical (unpaired) electrons. The van der Waals surface area contributed by atoms with Gasteiger partial charge in [0.25, 0.3) is 0 Å². The molecule has 3 nitrogen and oxygen atoms in total. The SMILES string of the molecule is Nc1[nH]ncc1-c1cccc2c1SCCC2. The average Bonchev–Trinajstić information content (AvgIpc) is 2.75. The van der Waals surface area contributed by atoms with Crippen LogP contribution in [0.5, 0.6) is 0 Å². The molecule has 0 bridgehead atoms. The van der Waals surface area contributed by atoms with Gasteiger partial charge in [-0.2, -0.15) is 5.10 Å². The van der Waals surface area contributed by atoms with Crippen molar-refractivity contribution in [1.29, 1.82) is 0 Å². The Morgan fingerprint density at radius 1 is 1.31 bits per heavy atom. The van der Waals surface area contributed by atoms with Gasteiger partial charge in [-0.25, -0.2) is 0 Å². The van der Waals surface area contributed by atoms with E-state index in [0.717, 1.165) is 5.56 Å². The van der Waals surface area contributed by atoms with Crippen LogP contribution in [0.2, 0.25) is 0 Å². The second kappa shape index (κ2) is 3.87. The molecule has 0 saturated carbocycles. The number of aryl methyl sites for hydroxylation is 1. The Hall–Kier alpha value is -1.42. The molecule has 0 saturated heterocycles. The van der Waals surface area contributed by atoms with Gasteiger partial charge >= 0.3 is 0 Å². The first kappa shape index (κ1) is 9.78. The highest BCUT2D eigenvalue weighted by atomic mass is 32.2. The predicted molar refractivity (Wildman–Crippen MR) is 67.5 cm³/mol. The maximum absolute atomic E-state index is 5.88. The highest BCUT2D eigenvalue weighted by Crippen LogP contribution is 2.39. The molecule has 16 heavy (non-hydrogen) atoms. The van der Waals surface area contributed by atoms with Crippen LogP contribution in [0.4, 0.5) is 5.82 Å². The molecule has 1 aliphatic heterocycles. The molecule has 1 aromatic heterocycles. The lowest BCUT2D eigenvalue weighted by Crippen LogP contribution is -2.00. The van der Waals surface area contributed by atoms with Crippen molar-refractivity contribution in [3.63, 3.8) is 0 Å². The van der Waals surface area contributed by atoms with Crippen molar-refractivity contribution >= 4 is 17.6 Å². The fraction of sp³-hybridized carbons (Fsp3) is 0.250. The van der Waals surface area contributed by atoms with Crippen molar-refractivity contribution in [3.05, 3.63) is 30.0 Å². The van der Waals surface area contributed by atoms with E-state index in [1.807, 2.05) is 11.8 Å². The van der Waals surface area contributed by atoms with Crippen LogP contribution in [0.15, 0.2) is 29.3 Å². The lowest BCUT2D eigenvalue weighted by Gasteiger charge is -2.18. The van der Waals surface area contributed by atoms with Crippen LogP contribution in [0.3, 0.4) is 0 Å². The number of anilines is 1. The van der Waals surface area contributed by atoms with Gasteiger partial charge in [0.2, 0.25) is 0 Å². The summed E-state index contributed by atoms with van der Waals surface area (Å²) in [5.74, 6) is 1.85. The van der Waals surface area contributed by atoms with E-state index in [2.05, 4.69) is 28.4 Å². The molecule has 0 atom stereocenters. The zero-order valence-corrected chi connectivity index (χ0v) is 9.68. The average molecular weight is 231 g/mol. The number of nitrogen functional groups attached to an aromatic ring is 1. The molecule has 3 rings (SSSR count). The van der Waals surface area contributed by atoms with Crippen molar-refractivity contribution in [2.24, 2.45) is 0 Å². The zero-order valence-electron chi connectivity index (χ0n) is 8.86. The summed E-state index contributed by atoms with van der Waals surface area (Å²) in [4.78, 5) is 1.38. The van der Waals surface area contributed by atoms with Crippen LogP contribution < -0.4 is 5.73 Å². The van der Waals surface area contributed by atoms with Gasteiger partial charge in [0.15, 0.2) is 0 Å². The van der Waals surface area contributed by atoms with Crippen molar-refractivity contribution in [3.8, 4) is 11.1 Å². The lowest BCUT2D eigenvalue weighted by molar-refractivity contribution is 0.891. The molecule has 82 valence electrons. The number of rotatable bonds is 1. The number of H-pyrrole nitrogens is 1. The van der Waals surface area contributed by atoms with Gasteiger partial charge in [-0.1, -0.05) is 18.2 Å². The topological polar surface area (TPSA) is 54.7 Å². The third kappa shape index (κ3) is 1.50. The molecule has 0 spiro atoms. The molecular weight excluding hydrogens is 218 g/mol. The van der Waals surface area contributed by atoms with E-state index in [4.69, 9.17) is 5.73 Å². The maximum atomic E-state index is 5.88. The molecule has 4 heteroatoms. The Bertz CT molecular complexity index is 519. The number of fused-ring (bicyclic) bond motifs is 1. The van der Waals surface area contributed by atoms with E-state index >= 15 is 0 Å². The zero-order chi connectivity index (χ0) is 11.0. The predicted octanol–water partition coefficient (Wildman–Crippen LogP) is 2.70. The highest BCUT2D eigenvalue weighted by Gasteiger charge is 2.16. The fourth-order valence-electron chi connectivity index (χ4n) is 2.11. The lowest BCUT2D eigenvalue weighted by atomic mass is 10.0. The molecule has 0 fully saturated rings. The van der Waals surface area contributed by atoms with Gasteiger partial charge in [-0.3, -0.25) is 5.10 Å². The summed E-state index contributed by atoms with van der Waals surface area (Å²) in [5.41, 5.74) is 9.55. The second-order valence-corrected chi connectivity index (χ2v) is 5.05. The number of hydrogen-bond acceptors (Lipinski definition) is 3. The van der Waals surface area contributed by atoms with Gasteiger partial charge in [-0.15, -0.1) is 11.8 Å². The summed E-state index contributed by atoms with van der Waals surface area (Å²) in [6.07, 6.45) is 4.25. The molecule has 2 aromatic rings. The molecule has 1 aliphatic rings. The summed E-state index contributed by atoms with van der Waals surface area (Å²) >= 11 is 1.93. The van der Waals surface area contributed by atoms with E-state index in [1.165, 1.54) is 34.6 Å². The third-order valence-corrected chi connectivity index (χ3v) is 4.16. The van der Waals surface area contributed by atoms with Crippen LogP contribution in [0.1, 0.15) is 12.0 Å². The molecule has 1 aromatic carbocycles. The van der Waals surface area contributed by atoms with Crippen LogP contribution >= 0.6 is 11.8 Å². The monoisotopic (exact) mass is 231 g/mol. The number of nitrogens with one attached hydrogen (secondary N) is 1. The Balaban J connectivity index is 2.18. The molecule has 0 unspecified atom stereocenters. The second-order valence-electron chi connectivity index (χ2n) is 3.94. The standard InChI is InChI=1S/C12H13N3S/c13-12-10(7-14-15-12)9-5-1-3-8-4-2-6-16-11(8)9/h1,3,5,7H,2,4,6H2,(H3,13,14,15). The van der Waals surface area contributed by atoms with Gasteiger partial charge in [-0.05, 0) is 24.2 Å². The molecular formula is C12H13N3S. The van der Waals surface area contributed by atoms with Crippen molar-refractivity contribution in [2.45, 2.75) is 17.7 Å². The van der Waals surface area contributed by atoms with Crippen LogP contribution in [-0.2, 0) is 6.42 Å².